The molecule has 0 radical (unpaired) electrons. The smallest absolute Gasteiger partial charge is 0.118 e. The van der Waals surface area contributed by atoms with Crippen molar-refractivity contribution in [2.75, 3.05) is 13.7 Å². The minimum atomic E-state index is 0.350. The minimum Gasteiger partial charge on any atom is -0.497 e. The molecule has 1 aromatic carbocycles. The van der Waals surface area contributed by atoms with Gasteiger partial charge in [0, 0.05) is 18.4 Å². The van der Waals surface area contributed by atoms with E-state index in [0.717, 1.165) is 35.7 Å². The van der Waals surface area contributed by atoms with Crippen LogP contribution in [-0.2, 0) is 12.8 Å². The van der Waals surface area contributed by atoms with E-state index < -0.39 is 0 Å². The Labute approximate surface area is 131 Å². The first-order valence-electron chi connectivity index (χ1n) is 7.17. The van der Waals surface area contributed by atoms with E-state index in [1.807, 2.05) is 18.2 Å². The number of nitrogens with one attached hydrogen (secondary N) is 1. The van der Waals surface area contributed by atoms with E-state index in [1.165, 1.54) is 5.56 Å². The van der Waals surface area contributed by atoms with Gasteiger partial charge in [0.15, 0.2) is 0 Å². The van der Waals surface area contributed by atoms with E-state index in [-0.39, 0.29) is 0 Å². The number of hydrogen-bond donors (Lipinski definition) is 1. The van der Waals surface area contributed by atoms with E-state index in [4.69, 9.17) is 16.3 Å². The van der Waals surface area contributed by atoms with Crippen LogP contribution < -0.4 is 10.1 Å². The van der Waals surface area contributed by atoms with Gasteiger partial charge >= 0.3 is 0 Å². The van der Waals surface area contributed by atoms with Crippen LogP contribution in [0.2, 0.25) is 5.02 Å². The van der Waals surface area contributed by atoms with Crippen molar-refractivity contribution in [1.82, 2.24) is 10.3 Å². The number of halogens is 1. The van der Waals surface area contributed by atoms with E-state index in [2.05, 4.69) is 29.4 Å². The number of nitrogens with zero attached hydrogens (tertiary/aromatic N) is 1. The highest BCUT2D eigenvalue weighted by molar-refractivity contribution is 6.31. The van der Waals surface area contributed by atoms with Gasteiger partial charge in [-0.3, -0.25) is 4.98 Å². The molecule has 1 atom stereocenters. The van der Waals surface area contributed by atoms with Crippen LogP contribution in [0.3, 0.4) is 0 Å². The molecule has 0 fully saturated rings. The molecule has 1 aromatic heterocycles. The van der Waals surface area contributed by atoms with Crippen LogP contribution in [0.25, 0.3) is 0 Å². The molecular weight excluding hydrogens is 284 g/mol. The predicted octanol–water partition coefficient (Wildman–Crippen LogP) is 3.51. The van der Waals surface area contributed by atoms with Gasteiger partial charge in [0.05, 0.1) is 12.1 Å². The van der Waals surface area contributed by atoms with Crippen molar-refractivity contribution in [3.8, 4) is 5.75 Å². The van der Waals surface area contributed by atoms with Gasteiger partial charge in [-0.2, -0.15) is 0 Å². The van der Waals surface area contributed by atoms with Gasteiger partial charge in [-0.15, -0.1) is 0 Å². The Kier molecular flexibility index (Phi) is 6.03. The van der Waals surface area contributed by atoms with Gasteiger partial charge < -0.3 is 10.1 Å². The zero-order chi connectivity index (χ0) is 15.1. The average Bonchev–Trinajstić information content (AvgIpc) is 2.50. The molecule has 1 N–H and O–H groups in total. The number of methoxy groups -OCH3 is 1. The fraction of sp³-hybridized carbons (Fsp3) is 0.353. The summed E-state index contributed by atoms with van der Waals surface area (Å²) in [5.74, 6) is 0.885. The van der Waals surface area contributed by atoms with Crippen LogP contribution in [0.5, 0.6) is 5.75 Å². The molecule has 0 aliphatic rings. The molecule has 2 aromatic rings. The van der Waals surface area contributed by atoms with E-state index >= 15 is 0 Å². The van der Waals surface area contributed by atoms with Crippen LogP contribution in [0, 0.1) is 0 Å². The van der Waals surface area contributed by atoms with Gasteiger partial charge in [0.1, 0.15) is 5.75 Å². The van der Waals surface area contributed by atoms with Gasteiger partial charge in [-0.25, -0.2) is 0 Å². The molecule has 4 heteroatoms. The fourth-order valence-electron chi connectivity index (χ4n) is 2.39. The van der Waals surface area contributed by atoms with E-state index in [9.17, 15) is 0 Å². The summed E-state index contributed by atoms with van der Waals surface area (Å²) in [5.41, 5.74) is 2.41. The first-order valence-corrected chi connectivity index (χ1v) is 7.55. The zero-order valence-electron chi connectivity index (χ0n) is 12.5. The SMILES string of the molecule is CCNC(Cc1ccc(OC)cc1)Cc1ccncc1Cl. The van der Waals surface area contributed by atoms with Gasteiger partial charge in [0.2, 0.25) is 0 Å². The first-order chi connectivity index (χ1) is 10.2. The summed E-state index contributed by atoms with van der Waals surface area (Å²) in [7, 11) is 1.68. The molecule has 2 rings (SSSR count). The van der Waals surface area contributed by atoms with Gasteiger partial charge in [-0.05, 0) is 48.7 Å². The molecule has 0 amide bonds. The highest BCUT2D eigenvalue weighted by atomic mass is 35.5. The van der Waals surface area contributed by atoms with Gasteiger partial charge in [-0.1, -0.05) is 30.7 Å². The molecular formula is C17H21ClN2O. The molecule has 0 aliphatic heterocycles. The topological polar surface area (TPSA) is 34.1 Å². The minimum absolute atomic E-state index is 0.350. The van der Waals surface area contributed by atoms with Gasteiger partial charge in [0.25, 0.3) is 0 Å². The monoisotopic (exact) mass is 304 g/mol. The summed E-state index contributed by atoms with van der Waals surface area (Å²) in [4.78, 5) is 4.04. The molecule has 0 saturated carbocycles. The Morgan fingerprint density at radius 1 is 1.19 bits per heavy atom. The van der Waals surface area contributed by atoms with Crippen molar-refractivity contribution in [3.05, 3.63) is 58.9 Å². The molecule has 1 heterocycles. The number of likely N-dealkylation sites (N-methyl/N-ethyl adjacent to an activating group) is 1. The standard InChI is InChI=1S/C17H21ClN2O/c1-3-20-15(11-14-8-9-19-12-17(14)18)10-13-4-6-16(21-2)7-5-13/h4-9,12,15,20H,3,10-11H2,1-2H3. The van der Waals surface area contributed by atoms with Crippen LogP contribution >= 0.6 is 11.6 Å². The molecule has 3 nitrogen and oxygen atoms in total. The summed E-state index contributed by atoms with van der Waals surface area (Å²) >= 11 is 6.20. The second-order valence-corrected chi connectivity index (χ2v) is 5.39. The summed E-state index contributed by atoms with van der Waals surface area (Å²) < 4.78 is 5.19. The van der Waals surface area contributed by atoms with Crippen LogP contribution in [-0.4, -0.2) is 24.7 Å². The molecule has 112 valence electrons. The Morgan fingerprint density at radius 2 is 1.95 bits per heavy atom. The van der Waals surface area contributed by atoms with Crippen LogP contribution in [0.4, 0.5) is 0 Å². The summed E-state index contributed by atoms with van der Waals surface area (Å²) in [6, 6.07) is 10.5. The third-order valence-electron chi connectivity index (χ3n) is 3.46. The second kappa shape index (κ2) is 8.01. The first kappa shape index (κ1) is 15.8. The lowest BCUT2D eigenvalue weighted by Gasteiger charge is -2.19. The number of ether oxygens (including phenoxy) is 1. The number of aromatic nitrogens is 1. The lowest BCUT2D eigenvalue weighted by atomic mass is 9.99. The van der Waals surface area contributed by atoms with Crippen molar-refractivity contribution in [2.45, 2.75) is 25.8 Å². The summed E-state index contributed by atoms with van der Waals surface area (Å²) in [6.07, 6.45) is 5.34. The summed E-state index contributed by atoms with van der Waals surface area (Å²) in [6.45, 7) is 3.05. The lowest BCUT2D eigenvalue weighted by molar-refractivity contribution is 0.414. The number of hydrogen-bond acceptors (Lipinski definition) is 3. The molecule has 21 heavy (non-hydrogen) atoms. The Balaban J connectivity index is 2.06. The Morgan fingerprint density at radius 3 is 2.57 bits per heavy atom. The fourth-order valence-corrected chi connectivity index (χ4v) is 2.58. The summed E-state index contributed by atoms with van der Waals surface area (Å²) in [5, 5.41) is 4.26. The second-order valence-electron chi connectivity index (χ2n) is 4.98. The van der Waals surface area contributed by atoms with E-state index in [0.29, 0.717) is 6.04 Å². The lowest BCUT2D eigenvalue weighted by Crippen LogP contribution is -2.33. The number of rotatable bonds is 7. The highest BCUT2D eigenvalue weighted by Gasteiger charge is 2.11. The molecule has 0 aliphatic carbocycles. The maximum Gasteiger partial charge on any atom is 0.118 e. The third kappa shape index (κ3) is 4.73. The van der Waals surface area contributed by atoms with Crippen LogP contribution in [0.1, 0.15) is 18.1 Å². The maximum absolute atomic E-state index is 6.20. The van der Waals surface area contributed by atoms with Crippen molar-refractivity contribution in [2.24, 2.45) is 0 Å². The number of benzene rings is 1. The molecule has 0 bridgehead atoms. The maximum atomic E-state index is 6.20. The Hall–Kier alpha value is -1.58. The van der Waals surface area contributed by atoms with Crippen molar-refractivity contribution < 1.29 is 4.74 Å². The molecule has 1 unspecified atom stereocenters. The molecule has 0 spiro atoms. The number of pyridine rings is 1. The zero-order valence-corrected chi connectivity index (χ0v) is 13.2. The predicted molar refractivity (Wildman–Crippen MR) is 87.1 cm³/mol. The van der Waals surface area contributed by atoms with Crippen molar-refractivity contribution in [3.63, 3.8) is 0 Å². The third-order valence-corrected chi connectivity index (χ3v) is 3.80. The average molecular weight is 305 g/mol. The quantitative estimate of drug-likeness (QED) is 0.850. The largest absolute Gasteiger partial charge is 0.497 e. The normalized spacial score (nSPS) is 12.1. The van der Waals surface area contributed by atoms with Crippen LogP contribution in [0.15, 0.2) is 42.7 Å². The molecule has 0 saturated heterocycles. The van der Waals surface area contributed by atoms with Crippen molar-refractivity contribution >= 4 is 11.6 Å². The highest BCUT2D eigenvalue weighted by Crippen LogP contribution is 2.18. The Bertz CT molecular complexity index is 557. The van der Waals surface area contributed by atoms with Crippen molar-refractivity contribution in [1.29, 1.82) is 0 Å². The van der Waals surface area contributed by atoms with E-state index in [1.54, 1.807) is 19.5 Å².